The van der Waals surface area contributed by atoms with E-state index in [2.05, 4.69) is 5.32 Å². The molecule has 0 bridgehead atoms. The van der Waals surface area contributed by atoms with Gasteiger partial charge in [-0.25, -0.2) is 4.79 Å². The lowest BCUT2D eigenvalue weighted by Crippen LogP contribution is -2.41. The first kappa shape index (κ1) is 13.2. The van der Waals surface area contributed by atoms with Crippen molar-refractivity contribution in [3.8, 4) is 11.1 Å². The molecule has 0 saturated carbocycles. The summed E-state index contributed by atoms with van der Waals surface area (Å²) < 4.78 is 0. The highest BCUT2D eigenvalue weighted by molar-refractivity contribution is 6.21. The van der Waals surface area contributed by atoms with E-state index in [1.165, 1.54) is 6.92 Å². The molecule has 3 rings (SSSR count). The highest BCUT2D eigenvalue weighted by Gasteiger charge is 2.40. The van der Waals surface area contributed by atoms with Crippen LogP contribution in [0.15, 0.2) is 48.5 Å². The van der Waals surface area contributed by atoms with Crippen LogP contribution in [0.4, 0.5) is 16.2 Å². The summed E-state index contributed by atoms with van der Waals surface area (Å²) in [5, 5.41) is 10.9. The standard InChI is InChI=1S/C16H14N2O3/c1-10(17-16(20)21)15(19)18-13-9-5-8-12(14(13)18)11-6-3-2-4-7-11/h2-10,17H,1H3,(H,20,21). The number of hydrogen-bond acceptors (Lipinski definition) is 2. The lowest BCUT2D eigenvalue weighted by molar-refractivity contribution is -0.118. The van der Waals surface area contributed by atoms with E-state index in [4.69, 9.17) is 5.11 Å². The second-order valence-corrected chi connectivity index (χ2v) is 4.88. The van der Waals surface area contributed by atoms with Crippen molar-refractivity contribution in [1.29, 1.82) is 0 Å². The van der Waals surface area contributed by atoms with Gasteiger partial charge in [0.1, 0.15) is 6.04 Å². The smallest absolute Gasteiger partial charge is 0.405 e. The minimum Gasteiger partial charge on any atom is -0.465 e. The van der Waals surface area contributed by atoms with Gasteiger partial charge in [-0.3, -0.25) is 9.69 Å². The lowest BCUT2D eigenvalue weighted by atomic mass is 10.1. The maximum absolute atomic E-state index is 12.3. The second-order valence-electron chi connectivity index (χ2n) is 4.88. The third kappa shape index (κ3) is 2.33. The maximum Gasteiger partial charge on any atom is 0.405 e. The Morgan fingerprint density at radius 1 is 1.10 bits per heavy atom. The predicted octanol–water partition coefficient (Wildman–Crippen LogP) is 2.99. The molecule has 2 aromatic carbocycles. The molecule has 1 heterocycles. The molecule has 5 heteroatoms. The third-order valence-corrected chi connectivity index (χ3v) is 3.44. The van der Waals surface area contributed by atoms with Crippen molar-refractivity contribution in [2.75, 3.05) is 4.90 Å². The molecule has 1 atom stereocenters. The first-order chi connectivity index (χ1) is 10.1. The van der Waals surface area contributed by atoms with Gasteiger partial charge >= 0.3 is 6.09 Å². The lowest BCUT2D eigenvalue weighted by Gasteiger charge is -2.11. The van der Waals surface area contributed by atoms with Gasteiger partial charge in [-0.1, -0.05) is 42.5 Å². The van der Waals surface area contributed by atoms with Crippen LogP contribution in [0.5, 0.6) is 0 Å². The quantitative estimate of drug-likeness (QED) is 0.850. The van der Waals surface area contributed by atoms with E-state index in [1.807, 2.05) is 48.5 Å². The van der Waals surface area contributed by atoms with Crippen LogP contribution in [0.25, 0.3) is 11.1 Å². The van der Waals surface area contributed by atoms with Gasteiger partial charge in [0.05, 0.1) is 11.4 Å². The Labute approximate surface area is 121 Å². The van der Waals surface area contributed by atoms with Gasteiger partial charge < -0.3 is 10.4 Å². The number of benzene rings is 2. The first-order valence-electron chi connectivity index (χ1n) is 6.61. The minimum atomic E-state index is -1.20. The van der Waals surface area contributed by atoms with Gasteiger partial charge in [0.25, 0.3) is 5.91 Å². The summed E-state index contributed by atoms with van der Waals surface area (Å²) in [4.78, 5) is 24.5. The summed E-state index contributed by atoms with van der Waals surface area (Å²) in [6.45, 7) is 1.54. The fourth-order valence-electron chi connectivity index (χ4n) is 2.42. The van der Waals surface area contributed by atoms with Crippen LogP contribution in [0, 0.1) is 0 Å². The van der Waals surface area contributed by atoms with E-state index in [-0.39, 0.29) is 5.91 Å². The molecule has 2 aromatic rings. The van der Waals surface area contributed by atoms with Crippen molar-refractivity contribution in [3.05, 3.63) is 48.5 Å². The fraction of sp³-hybridized carbons (Fsp3) is 0.125. The Morgan fingerprint density at radius 3 is 2.48 bits per heavy atom. The van der Waals surface area contributed by atoms with Crippen molar-refractivity contribution >= 4 is 23.4 Å². The molecule has 106 valence electrons. The van der Waals surface area contributed by atoms with E-state index in [0.717, 1.165) is 22.5 Å². The monoisotopic (exact) mass is 282 g/mol. The normalized spacial score (nSPS) is 13.3. The molecule has 0 spiro atoms. The van der Waals surface area contributed by atoms with Gasteiger partial charge in [-0.15, -0.1) is 0 Å². The predicted molar refractivity (Wildman–Crippen MR) is 79.6 cm³/mol. The molecule has 1 unspecified atom stereocenters. The minimum absolute atomic E-state index is 0.268. The van der Waals surface area contributed by atoms with E-state index in [0.29, 0.717) is 0 Å². The Kier molecular flexibility index (Phi) is 3.10. The van der Waals surface area contributed by atoms with Crippen LogP contribution in [0.2, 0.25) is 0 Å². The van der Waals surface area contributed by atoms with Crippen LogP contribution in [-0.4, -0.2) is 23.1 Å². The number of carbonyl (C=O) groups is 2. The topological polar surface area (TPSA) is 69.4 Å². The number of anilines is 2. The molecule has 0 aliphatic carbocycles. The molecule has 0 fully saturated rings. The molecule has 1 aliphatic rings. The Balaban J connectivity index is 1.88. The molecular formula is C16H14N2O3. The van der Waals surface area contributed by atoms with Crippen molar-refractivity contribution in [2.24, 2.45) is 0 Å². The van der Waals surface area contributed by atoms with Crippen LogP contribution >= 0.6 is 0 Å². The number of carbonyl (C=O) groups excluding carboxylic acids is 1. The maximum atomic E-state index is 12.3. The summed E-state index contributed by atoms with van der Waals surface area (Å²) in [5.74, 6) is -0.268. The van der Waals surface area contributed by atoms with E-state index in [1.54, 1.807) is 4.90 Å². The number of fused-ring (bicyclic) bond motifs is 1. The molecule has 0 radical (unpaired) electrons. The number of rotatable bonds is 3. The number of hydrogen-bond donors (Lipinski definition) is 2. The number of para-hydroxylation sites is 1. The number of nitrogens with zero attached hydrogens (tertiary/aromatic N) is 1. The van der Waals surface area contributed by atoms with Crippen LogP contribution in [0.1, 0.15) is 6.92 Å². The number of amides is 2. The Morgan fingerprint density at radius 2 is 1.81 bits per heavy atom. The van der Waals surface area contributed by atoms with Crippen molar-refractivity contribution < 1.29 is 14.7 Å². The van der Waals surface area contributed by atoms with Gasteiger partial charge in [-0.2, -0.15) is 0 Å². The molecular weight excluding hydrogens is 268 g/mol. The molecule has 2 N–H and O–H groups in total. The average molecular weight is 282 g/mol. The summed E-state index contributed by atoms with van der Waals surface area (Å²) in [6.07, 6.45) is -1.20. The zero-order valence-electron chi connectivity index (χ0n) is 11.4. The highest BCUT2D eigenvalue weighted by Crippen LogP contribution is 2.54. The third-order valence-electron chi connectivity index (χ3n) is 3.44. The zero-order valence-corrected chi connectivity index (χ0v) is 11.4. The van der Waals surface area contributed by atoms with Gasteiger partial charge in [0, 0.05) is 5.56 Å². The fourth-order valence-corrected chi connectivity index (χ4v) is 2.42. The molecule has 1 aliphatic heterocycles. The number of nitrogens with one attached hydrogen (secondary N) is 1. The van der Waals surface area contributed by atoms with Crippen molar-refractivity contribution in [1.82, 2.24) is 5.32 Å². The molecule has 0 saturated heterocycles. The van der Waals surface area contributed by atoms with Gasteiger partial charge in [0.2, 0.25) is 0 Å². The number of carboxylic acid groups (broad SMARTS) is 1. The van der Waals surface area contributed by atoms with Gasteiger partial charge in [-0.05, 0) is 18.6 Å². The summed E-state index contributed by atoms with van der Waals surface area (Å²) in [6, 6.07) is 14.7. The molecule has 21 heavy (non-hydrogen) atoms. The molecule has 5 nitrogen and oxygen atoms in total. The summed E-state index contributed by atoms with van der Waals surface area (Å²) in [7, 11) is 0. The van der Waals surface area contributed by atoms with Crippen LogP contribution < -0.4 is 10.2 Å². The highest BCUT2D eigenvalue weighted by atomic mass is 16.4. The van der Waals surface area contributed by atoms with E-state index < -0.39 is 12.1 Å². The van der Waals surface area contributed by atoms with E-state index in [9.17, 15) is 9.59 Å². The zero-order chi connectivity index (χ0) is 15.0. The van der Waals surface area contributed by atoms with Gasteiger partial charge in [0.15, 0.2) is 0 Å². The van der Waals surface area contributed by atoms with E-state index >= 15 is 0 Å². The molecule has 2 amide bonds. The Hall–Kier alpha value is -2.82. The average Bonchev–Trinajstić information content (AvgIpc) is 3.21. The Bertz CT molecular complexity index is 713. The second kappa shape index (κ2) is 4.94. The van der Waals surface area contributed by atoms with Crippen molar-refractivity contribution in [3.63, 3.8) is 0 Å². The summed E-state index contributed by atoms with van der Waals surface area (Å²) >= 11 is 0. The SMILES string of the molecule is CC(NC(=O)O)C(=O)N1c2cccc(-c3ccccc3)c21. The largest absolute Gasteiger partial charge is 0.465 e. The van der Waals surface area contributed by atoms with Crippen LogP contribution in [0.3, 0.4) is 0 Å². The van der Waals surface area contributed by atoms with Crippen LogP contribution in [-0.2, 0) is 4.79 Å². The molecule has 0 aromatic heterocycles. The summed E-state index contributed by atoms with van der Waals surface area (Å²) in [5.41, 5.74) is 3.70. The van der Waals surface area contributed by atoms with Crippen molar-refractivity contribution in [2.45, 2.75) is 13.0 Å². The first-order valence-corrected chi connectivity index (χ1v) is 6.61.